The van der Waals surface area contributed by atoms with E-state index in [-0.39, 0.29) is 10.3 Å². The van der Waals surface area contributed by atoms with Crippen molar-refractivity contribution in [3.63, 3.8) is 0 Å². The molecule has 0 radical (unpaired) electrons. The molecule has 1 fully saturated rings. The van der Waals surface area contributed by atoms with E-state index in [9.17, 15) is 0 Å². The van der Waals surface area contributed by atoms with Gasteiger partial charge in [-0.05, 0) is 101 Å². The van der Waals surface area contributed by atoms with Crippen LogP contribution in [0, 0.1) is 17.3 Å². The largest absolute Gasteiger partial charge is 0.497 e. The second kappa shape index (κ2) is 13.1. The molecule has 4 aliphatic rings. The molecule has 0 aromatic heterocycles. The van der Waals surface area contributed by atoms with Gasteiger partial charge in [-0.3, -0.25) is 0 Å². The van der Waals surface area contributed by atoms with Crippen LogP contribution in [-0.4, -0.2) is 19.2 Å². The fraction of sp³-hybridized carbons (Fsp3) is 0.400. The van der Waals surface area contributed by atoms with Gasteiger partial charge >= 0.3 is 0 Å². The average molecular weight is 751 g/mol. The molecule has 55 heavy (non-hydrogen) atoms. The molecule has 9 rings (SSSR count). The summed E-state index contributed by atoms with van der Waals surface area (Å²) in [5.41, 5.74) is 8.36. The smallest absolute Gasteiger partial charge is 0.178 e. The summed E-state index contributed by atoms with van der Waals surface area (Å²) in [4.78, 5) is 0.843. The van der Waals surface area contributed by atoms with E-state index in [4.69, 9.17) is 18.9 Å². The van der Waals surface area contributed by atoms with E-state index in [1.165, 1.54) is 63.8 Å². The van der Waals surface area contributed by atoms with E-state index in [0.717, 1.165) is 52.4 Å². The van der Waals surface area contributed by atoms with E-state index in [1.807, 2.05) is 36.0 Å². The van der Waals surface area contributed by atoms with Crippen LogP contribution < -0.4 is 18.9 Å². The van der Waals surface area contributed by atoms with Crippen molar-refractivity contribution in [1.82, 2.24) is 0 Å². The Morgan fingerprint density at radius 3 is 1.87 bits per heavy atom. The van der Waals surface area contributed by atoms with E-state index in [0.29, 0.717) is 17.3 Å². The maximum atomic E-state index is 7.78. The van der Waals surface area contributed by atoms with E-state index >= 15 is 0 Å². The molecule has 0 N–H and O–H groups in total. The summed E-state index contributed by atoms with van der Waals surface area (Å²) in [6, 6.07) is 30.7. The van der Waals surface area contributed by atoms with Crippen LogP contribution in [0.3, 0.4) is 0 Å². The number of methoxy groups -OCH3 is 2. The SMILES string of the molecule is CCC1(CC)CCC2(CC1)c1ccccc1-c1c2c2c(c3cc4c(cc13)OC(C(C)C)(C(C)C)S4)OC(c1ccc(OC)cc1)(c1ccc(OC)cc1)C=C2. The fourth-order valence-corrected chi connectivity index (χ4v) is 12.0. The molecular formula is C50H54O4S. The second-order valence-corrected chi connectivity index (χ2v) is 18.3. The zero-order chi connectivity index (χ0) is 38.3. The lowest BCUT2D eigenvalue weighted by Crippen LogP contribution is -2.40. The van der Waals surface area contributed by atoms with Crippen molar-refractivity contribution in [3.05, 3.63) is 119 Å². The number of hydrogen-bond donors (Lipinski definition) is 0. The van der Waals surface area contributed by atoms with E-state index < -0.39 is 5.60 Å². The molecule has 0 atom stereocenters. The Morgan fingerprint density at radius 1 is 0.709 bits per heavy atom. The third-order valence-electron chi connectivity index (χ3n) is 14.2. The Kier molecular flexibility index (Phi) is 8.66. The Labute approximate surface area is 331 Å². The molecule has 0 saturated heterocycles. The molecule has 0 bridgehead atoms. The van der Waals surface area contributed by atoms with Crippen molar-refractivity contribution in [2.75, 3.05) is 14.2 Å². The summed E-state index contributed by atoms with van der Waals surface area (Å²) in [7, 11) is 3.43. The van der Waals surface area contributed by atoms with Gasteiger partial charge in [0.05, 0.1) is 19.1 Å². The third kappa shape index (κ3) is 5.17. The Hall–Kier alpha value is -4.35. The molecule has 2 aliphatic carbocycles. The molecule has 2 heterocycles. The van der Waals surface area contributed by atoms with Crippen molar-refractivity contribution in [2.45, 2.75) is 101 Å². The molecule has 1 saturated carbocycles. The van der Waals surface area contributed by atoms with Crippen molar-refractivity contribution in [1.29, 1.82) is 0 Å². The van der Waals surface area contributed by atoms with Gasteiger partial charge in [0.2, 0.25) is 0 Å². The molecule has 2 aliphatic heterocycles. The van der Waals surface area contributed by atoms with Crippen LogP contribution in [0.4, 0.5) is 0 Å². The molecule has 4 nitrogen and oxygen atoms in total. The minimum atomic E-state index is -0.889. The monoisotopic (exact) mass is 750 g/mol. The van der Waals surface area contributed by atoms with Crippen LogP contribution >= 0.6 is 11.8 Å². The lowest BCUT2D eigenvalue weighted by atomic mass is 9.58. The first-order valence-electron chi connectivity index (χ1n) is 20.4. The fourth-order valence-electron chi connectivity index (χ4n) is 10.7. The maximum Gasteiger partial charge on any atom is 0.178 e. The normalized spacial score (nSPS) is 19.1. The van der Waals surface area contributed by atoms with Crippen LogP contribution in [0.15, 0.2) is 95.9 Å². The Bertz CT molecular complexity index is 2250. The number of hydrogen-bond acceptors (Lipinski definition) is 5. The van der Waals surface area contributed by atoms with Crippen LogP contribution in [0.5, 0.6) is 23.0 Å². The number of rotatable bonds is 8. The van der Waals surface area contributed by atoms with Crippen LogP contribution in [0.1, 0.15) is 108 Å². The third-order valence-corrected chi connectivity index (χ3v) is 16.0. The van der Waals surface area contributed by atoms with Crippen LogP contribution in [-0.2, 0) is 11.0 Å². The van der Waals surface area contributed by atoms with Gasteiger partial charge in [-0.25, -0.2) is 0 Å². The van der Waals surface area contributed by atoms with Gasteiger partial charge in [0.25, 0.3) is 0 Å². The predicted molar refractivity (Wildman–Crippen MR) is 227 cm³/mol. The number of ether oxygens (including phenoxy) is 4. The topological polar surface area (TPSA) is 36.9 Å². The molecule has 0 amide bonds. The summed E-state index contributed by atoms with van der Waals surface area (Å²) in [6.45, 7) is 14.0. The Morgan fingerprint density at radius 2 is 1.31 bits per heavy atom. The summed E-state index contributed by atoms with van der Waals surface area (Å²) in [5, 5.41) is 2.36. The maximum absolute atomic E-state index is 7.78. The zero-order valence-electron chi connectivity index (χ0n) is 33.7. The minimum Gasteiger partial charge on any atom is -0.497 e. The summed E-state index contributed by atoms with van der Waals surface area (Å²) in [6.07, 6.45) is 11.9. The predicted octanol–water partition coefficient (Wildman–Crippen LogP) is 13.3. The van der Waals surface area contributed by atoms with Crippen molar-refractivity contribution < 1.29 is 18.9 Å². The van der Waals surface area contributed by atoms with Crippen molar-refractivity contribution in [2.24, 2.45) is 17.3 Å². The summed E-state index contributed by atoms with van der Waals surface area (Å²) in [5.74, 6) is 4.23. The van der Waals surface area contributed by atoms with Gasteiger partial charge < -0.3 is 18.9 Å². The lowest BCUT2D eigenvalue weighted by molar-refractivity contribution is 0.0757. The Balaban J connectivity index is 1.34. The van der Waals surface area contributed by atoms with Crippen LogP contribution in [0.2, 0.25) is 0 Å². The van der Waals surface area contributed by atoms with E-state index in [2.05, 4.69) is 114 Å². The highest BCUT2D eigenvalue weighted by molar-refractivity contribution is 8.01. The van der Waals surface area contributed by atoms with Gasteiger partial charge in [-0.2, -0.15) is 0 Å². The van der Waals surface area contributed by atoms with Crippen molar-refractivity contribution >= 4 is 28.6 Å². The van der Waals surface area contributed by atoms with Gasteiger partial charge in [-0.15, -0.1) is 0 Å². The molecule has 284 valence electrons. The number of benzene rings is 5. The lowest BCUT2D eigenvalue weighted by Gasteiger charge is -2.47. The van der Waals surface area contributed by atoms with Crippen molar-refractivity contribution in [3.8, 4) is 34.1 Å². The number of fused-ring (bicyclic) bond motifs is 11. The molecule has 1 spiro atoms. The zero-order valence-corrected chi connectivity index (χ0v) is 34.5. The number of thioether (sulfide) groups is 1. The first kappa shape index (κ1) is 36.3. The highest BCUT2D eigenvalue weighted by atomic mass is 32.2. The molecule has 5 aromatic carbocycles. The highest BCUT2D eigenvalue weighted by Gasteiger charge is 2.52. The second-order valence-electron chi connectivity index (χ2n) is 17.0. The van der Waals surface area contributed by atoms with E-state index in [1.54, 1.807) is 14.2 Å². The standard InChI is InChI=1S/C50H54O4S/c1-9-47(10-2)25-27-48(28-26-47)41-14-12-11-13-37(41)44-39-29-42-43(55-50(53-42,31(3)4)32(5)6)30-40(39)46-38(45(44)48)23-24-49(54-46,33-15-19-35(51-7)20-16-33)34-17-21-36(52-8)22-18-34/h11-24,29-32H,9-10,25-28H2,1-8H3. The average Bonchev–Trinajstić information content (AvgIpc) is 3.75. The van der Waals surface area contributed by atoms with Gasteiger partial charge in [0.1, 0.15) is 23.0 Å². The highest BCUT2D eigenvalue weighted by Crippen LogP contribution is 2.66. The minimum absolute atomic E-state index is 0.0970. The first-order chi connectivity index (χ1) is 26.6. The molecule has 5 aromatic rings. The first-order valence-corrected chi connectivity index (χ1v) is 21.2. The van der Waals surface area contributed by atoms with Crippen LogP contribution in [0.25, 0.3) is 28.0 Å². The van der Waals surface area contributed by atoms with Gasteiger partial charge in [-0.1, -0.05) is 121 Å². The quantitative estimate of drug-likeness (QED) is 0.158. The molecule has 5 heteroatoms. The molecular weight excluding hydrogens is 697 g/mol. The van der Waals surface area contributed by atoms with Gasteiger partial charge in [0.15, 0.2) is 10.5 Å². The summed E-state index contributed by atoms with van der Waals surface area (Å²) < 4.78 is 26.1. The van der Waals surface area contributed by atoms with Gasteiger partial charge in [0, 0.05) is 39.3 Å². The molecule has 0 unspecified atom stereocenters. The summed E-state index contributed by atoms with van der Waals surface area (Å²) >= 11 is 1.89.